The first-order chi connectivity index (χ1) is 7.26. The third-order valence-corrected chi connectivity index (χ3v) is 1.77. The molecule has 5 nitrogen and oxygen atoms in total. The van der Waals surface area contributed by atoms with Crippen LogP contribution >= 0.6 is 0 Å². The Morgan fingerprint density at radius 2 is 2.00 bits per heavy atom. The molecule has 0 heterocycles. The van der Waals surface area contributed by atoms with Crippen molar-refractivity contribution in [3.63, 3.8) is 0 Å². The second-order valence-corrected chi connectivity index (χ2v) is 2.80. The molecule has 0 aliphatic rings. The zero-order valence-corrected chi connectivity index (χ0v) is 7.49. The van der Waals surface area contributed by atoms with Gasteiger partial charge in [0.25, 0.3) is 5.69 Å². The van der Waals surface area contributed by atoms with E-state index in [1.807, 2.05) is 0 Å². The fraction of sp³-hybridized carbons (Fsp3) is 0.125. The van der Waals surface area contributed by atoms with Gasteiger partial charge in [-0.3, -0.25) is 10.1 Å². The average molecular weight is 235 g/mol. The lowest BCUT2D eigenvalue weighted by molar-refractivity contribution is -0.385. The molecule has 0 bridgehead atoms. The van der Waals surface area contributed by atoms with Crippen molar-refractivity contribution in [3.8, 4) is 0 Å². The van der Waals surface area contributed by atoms with Crippen LogP contribution in [0.15, 0.2) is 18.2 Å². The first kappa shape index (κ1) is 12.0. The Morgan fingerprint density at radius 1 is 1.44 bits per heavy atom. The maximum atomic E-state index is 13.0. The zero-order valence-electron chi connectivity index (χ0n) is 7.49. The summed E-state index contributed by atoms with van der Waals surface area (Å²) in [5, 5.41) is 18.3. The predicted octanol–water partition coefficient (Wildman–Crippen LogP) is 1.91. The van der Waals surface area contributed by atoms with E-state index < -0.39 is 33.9 Å². The molecule has 1 aromatic rings. The van der Waals surface area contributed by atoms with Crippen LogP contribution in [-0.4, -0.2) is 16.0 Å². The second kappa shape index (κ2) is 3.80. The number of hydrogen-bond acceptors (Lipinski definition) is 3. The summed E-state index contributed by atoms with van der Waals surface area (Å²) in [5.74, 6) is -8.58. The van der Waals surface area contributed by atoms with Gasteiger partial charge in [0.1, 0.15) is 5.82 Å². The number of alkyl halides is 2. The summed E-state index contributed by atoms with van der Waals surface area (Å²) < 4.78 is 38.7. The number of nitro benzene ring substituents is 1. The third kappa shape index (κ3) is 1.95. The summed E-state index contributed by atoms with van der Waals surface area (Å²) in [7, 11) is 0. The number of benzene rings is 1. The number of carbonyl (C=O) groups is 1. The molecule has 86 valence electrons. The fourth-order valence-corrected chi connectivity index (χ4v) is 0.987. The molecule has 1 N–H and O–H groups in total. The topological polar surface area (TPSA) is 80.4 Å². The lowest BCUT2D eigenvalue weighted by atomic mass is 10.1. The molecule has 0 unspecified atom stereocenters. The van der Waals surface area contributed by atoms with Crippen molar-refractivity contribution in [1.82, 2.24) is 0 Å². The molecule has 0 saturated heterocycles. The van der Waals surface area contributed by atoms with E-state index in [0.29, 0.717) is 12.1 Å². The van der Waals surface area contributed by atoms with Crippen molar-refractivity contribution in [1.29, 1.82) is 0 Å². The standard InChI is InChI=1S/C8H4F3NO4/c9-6-3-4(12(15)16)1-2-5(6)8(10,11)7(13)14/h1-3H,(H,13,14). The van der Waals surface area contributed by atoms with Crippen molar-refractivity contribution in [2.24, 2.45) is 0 Å². The van der Waals surface area contributed by atoms with Crippen LogP contribution in [-0.2, 0) is 10.7 Å². The monoisotopic (exact) mass is 235 g/mol. The maximum absolute atomic E-state index is 13.0. The van der Waals surface area contributed by atoms with Crippen molar-refractivity contribution in [3.05, 3.63) is 39.7 Å². The second-order valence-electron chi connectivity index (χ2n) is 2.80. The van der Waals surface area contributed by atoms with Gasteiger partial charge >= 0.3 is 11.9 Å². The van der Waals surface area contributed by atoms with Gasteiger partial charge in [-0.1, -0.05) is 0 Å². The quantitative estimate of drug-likeness (QED) is 0.640. The molecule has 0 aliphatic heterocycles. The lowest BCUT2D eigenvalue weighted by Gasteiger charge is -2.11. The van der Waals surface area contributed by atoms with E-state index in [2.05, 4.69) is 0 Å². The van der Waals surface area contributed by atoms with Gasteiger partial charge in [-0.25, -0.2) is 9.18 Å². The molecule has 0 fully saturated rings. The van der Waals surface area contributed by atoms with Crippen LogP contribution in [0, 0.1) is 15.9 Å². The Labute approximate surface area is 86.3 Å². The average Bonchev–Trinajstić information content (AvgIpc) is 2.16. The van der Waals surface area contributed by atoms with E-state index in [1.165, 1.54) is 0 Å². The van der Waals surface area contributed by atoms with Gasteiger partial charge in [0.2, 0.25) is 0 Å². The third-order valence-electron chi connectivity index (χ3n) is 1.77. The molecule has 1 rings (SSSR count). The number of carboxylic acid groups (broad SMARTS) is 1. The van der Waals surface area contributed by atoms with E-state index in [4.69, 9.17) is 5.11 Å². The molecule has 0 atom stereocenters. The van der Waals surface area contributed by atoms with Crippen LogP contribution in [0.2, 0.25) is 0 Å². The minimum absolute atomic E-state index is 0.242. The Morgan fingerprint density at radius 3 is 2.38 bits per heavy atom. The highest BCUT2D eigenvalue weighted by Gasteiger charge is 2.43. The summed E-state index contributed by atoms with van der Waals surface area (Å²) in [4.78, 5) is 19.3. The van der Waals surface area contributed by atoms with Crippen LogP contribution in [0.25, 0.3) is 0 Å². The van der Waals surface area contributed by atoms with E-state index in [0.717, 1.165) is 0 Å². The first-order valence-electron chi connectivity index (χ1n) is 3.82. The summed E-state index contributed by atoms with van der Waals surface area (Å²) in [5.41, 5.74) is -2.15. The highest BCUT2D eigenvalue weighted by molar-refractivity contribution is 5.77. The Balaban J connectivity index is 3.28. The predicted molar refractivity (Wildman–Crippen MR) is 44.6 cm³/mol. The minimum atomic E-state index is -4.42. The van der Waals surface area contributed by atoms with Crippen molar-refractivity contribution >= 4 is 11.7 Å². The van der Waals surface area contributed by atoms with E-state index >= 15 is 0 Å². The number of halogens is 3. The normalized spacial score (nSPS) is 11.2. The molecule has 0 radical (unpaired) electrons. The minimum Gasteiger partial charge on any atom is -0.477 e. The van der Waals surface area contributed by atoms with Gasteiger partial charge in [-0.2, -0.15) is 8.78 Å². The van der Waals surface area contributed by atoms with Crippen LogP contribution in [0.4, 0.5) is 18.9 Å². The van der Waals surface area contributed by atoms with Crippen LogP contribution in [0.5, 0.6) is 0 Å². The number of carboxylic acids is 1. The Hall–Kier alpha value is -2.12. The zero-order chi connectivity index (χ0) is 12.5. The number of hydrogen-bond donors (Lipinski definition) is 1. The number of aliphatic carboxylic acids is 1. The highest BCUT2D eigenvalue weighted by Crippen LogP contribution is 2.31. The maximum Gasteiger partial charge on any atom is 0.379 e. The van der Waals surface area contributed by atoms with E-state index in [9.17, 15) is 28.1 Å². The first-order valence-corrected chi connectivity index (χ1v) is 3.82. The largest absolute Gasteiger partial charge is 0.477 e. The van der Waals surface area contributed by atoms with Crippen molar-refractivity contribution in [2.45, 2.75) is 5.92 Å². The molecule has 8 heteroatoms. The molecule has 0 amide bonds. The summed E-state index contributed by atoms with van der Waals surface area (Å²) in [6.45, 7) is 0. The molecule has 0 aliphatic carbocycles. The Bertz CT molecular complexity index is 461. The number of non-ortho nitro benzene ring substituents is 1. The van der Waals surface area contributed by atoms with Gasteiger partial charge in [0.05, 0.1) is 16.6 Å². The molecule has 0 aromatic heterocycles. The van der Waals surface area contributed by atoms with Gasteiger partial charge in [-0.05, 0) is 6.07 Å². The molecule has 0 spiro atoms. The van der Waals surface area contributed by atoms with Crippen LogP contribution in [0.1, 0.15) is 5.56 Å². The highest BCUT2D eigenvalue weighted by atomic mass is 19.3. The summed E-state index contributed by atoms with van der Waals surface area (Å²) in [6, 6.07) is 1.23. The molecular weight excluding hydrogens is 231 g/mol. The van der Waals surface area contributed by atoms with Crippen molar-refractivity contribution in [2.75, 3.05) is 0 Å². The fourth-order valence-electron chi connectivity index (χ4n) is 0.987. The lowest BCUT2D eigenvalue weighted by Crippen LogP contribution is -2.26. The van der Waals surface area contributed by atoms with Crippen LogP contribution in [0.3, 0.4) is 0 Å². The van der Waals surface area contributed by atoms with Gasteiger partial charge in [0, 0.05) is 6.07 Å². The van der Waals surface area contributed by atoms with Gasteiger partial charge < -0.3 is 5.11 Å². The van der Waals surface area contributed by atoms with E-state index in [-0.39, 0.29) is 6.07 Å². The van der Waals surface area contributed by atoms with Gasteiger partial charge in [-0.15, -0.1) is 0 Å². The molecular formula is C8H4F3NO4. The van der Waals surface area contributed by atoms with E-state index in [1.54, 1.807) is 0 Å². The van der Waals surface area contributed by atoms with Crippen LogP contribution < -0.4 is 0 Å². The SMILES string of the molecule is O=C(O)C(F)(F)c1ccc([N+](=O)[O-])cc1F. The molecule has 0 saturated carbocycles. The van der Waals surface area contributed by atoms with Crippen molar-refractivity contribution < 1.29 is 28.0 Å². The smallest absolute Gasteiger partial charge is 0.379 e. The molecule has 1 aromatic carbocycles. The summed E-state index contributed by atoms with van der Waals surface area (Å²) in [6.07, 6.45) is 0. The Kier molecular flexibility index (Phi) is 2.84. The number of nitro groups is 1. The van der Waals surface area contributed by atoms with Gasteiger partial charge in [0.15, 0.2) is 0 Å². The molecule has 16 heavy (non-hydrogen) atoms. The number of nitrogens with zero attached hydrogens (tertiary/aromatic N) is 1. The summed E-state index contributed by atoms with van der Waals surface area (Å²) >= 11 is 0. The number of rotatable bonds is 3.